The minimum absolute atomic E-state index is 0.0343. The van der Waals surface area contributed by atoms with Crippen LogP contribution in [0.2, 0.25) is 0 Å². The zero-order valence-electron chi connectivity index (χ0n) is 12.8. The molecule has 1 N–H and O–H groups in total. The lowest BCUT2D eigenvalue weighted by atomic mass is 10.1. The summed E-state index contributed by atoms with van der Waals surface area (Å²) in [4.78, 5) is 11.9. The van der Waals surface area contributed by atoms with Crippen LogP contribution in [-0.2, 0) is 19.0 Å². The molecular weight excluding hydrogens is 272 g/mol. The molecule has 1 heterocycles. The fourth-order valence-electron chi connectivity index (χ4n) is 2.08. The Hall–Kier alpha value is -1.58. The summed E-state index contributed by atoms with van der Waals surface area (Å²) in [5.41, 5.74) is 0.640. The summed E-state index contributed by atoms with van der Waals surface area (Å²) in [6.45, 7) is 6.21. The Morgan fingerprint density at radius 2 is 2.24 bits per heavy atom. The minimum Gasteiger partial charge on any atom is -0.459 e. The molecule has 0 aliphatic carbocycles. The van der Waals surface area contributed by atoms with Crippen molar-refractivity contribution in [3.05, 3.63) is 11.3 Å². The van der Waals surface area contributed by atoms with Crippen LogP contribution in [0.1, 0.15) is 33.1 Å². The predicted octanol–water partition coefficient (Wildman–Crippen LogP) is 1.52. The van der Waals surface area contributed by atoms with Gasteiger partial charge in [-0.3, -0.25) is 0 Å². The number of esters is 1. The lowest BCUT2D eigenvalue weighted by Gasteiger charge is -2.15. The van der Waals surface area contributed by atoms with Crippen molar-refractivity contribution in [3.63, 3.8) is 0 Å². The molecule has 0 spiro atoms. The van der Waals surface area contributed by atoms with Crippen LogP contribution >= 0.6 is 0 Å². The van der Waals surface area contributed by atoms with E-state index >= 15 is 0 Å². The first-order valence-electron chi connectivity index (χ1n) is 7.46. The highest BCUT2D eigenvalue weighted by Crippen LogP contribution is 2.13. The van der Waals surface area contributed by atoms with E-state index in [2.05, 4.69) is 5.32 Å². The Morgan fingerprint density at radius 3 is 2.81 bits per heavy atom. The second-order valence-electron chi connectivity index (χ2n) is 4.67. The number of carbonyl (C=O) groups is 1. The molecule has 0 aromatic heterocycles. The van der Waals surface area contributed by atoms with Crippen LogP contribution < -0.4 is 5.32 Å². The molecule has 1 aliphatic heterocycles. The summed E-state index contributed by atoms with van der Waals surface area (Å²) in [5, 5.41) is 12.3. The van der Waals surface area contributed by atoms with Crippen molar-refractivity contribution in [2.24, 2.45) is 0 Å². The molecule has 0 saturated carbocycles. The fourth-order valence-corrected chi connectivity index (χ4v) is 2.08. The number of nitrogens with zero attached hydrogens (tertiary/aromatic N) is 1. The molecule has 0 radical (unpaired) electrons. The van der Waals surface area contributed by atoms with Crippen molar-refractivity contribution >= 4 is 5.97 Å². The van der Waals surface area contributed by atoms with Gasteiger partial charge in [0.25, 0.3) is 0 Å². The maximum Gasteiger partial charge on any atom is 0.350 e. The van der Waals surface area contributed by atoms with E-state index in [9.17, 15) is 10.1 Å². The van der Waals surface area contributed by atoms with Gasteiger partial charge in [0.2, 0.25) is 0 Å². The number of carbonyl (C=O) groups excluding carboxylic acids is 1. The summed E-state index contributed by atoms with van der Waals surface area (Å²) >= 11 is 0. The number of hydrogen-bond acceptors (Lipinski definition) is 6. The highest BCUT2D eigenvalue weighted by atomic mass is 16.6. The van der Waals surface area contributed by atoms with Gasteiger partial charge in [-0.05, 0) is 26.2 Å². The van der Waals surface area contributed by atoms with Gasteiger partial charge in [-0.2, -0.15) is 5.26 Å². The molecule has 6 nitrogen and oxygen atoms in total. The van der Waals surface area contributed by atoms with E-state index in [-0.39, 0.29) is 18.3 Å². The normalized spacial score (nSPS) is 18.8. The average molecular weight is 296 g/mol. The summed E-state index contributed by atoms with van der Waals surface area (Å²) < 4.78 is 15.6. The van der Waals surface area contributed by atoms with Crippen LogP contribution in [0.5, 0.6) is 0 Å². The topological polar surface area (TPSA) is 80.6 Å². The van der Waals surface area contributed by atoms with Crippen molar-refractivity contribution in [2.45, 2.75) is 39.2 Å². The first-order chi connectivity index (χ1) is 10.2. The molecular formula is C15H24N2O4. The Bertz CT molecular complexity index is 395. The molecule has 118 valence electrons. The number of nitriles is 1. The third-order valence-electron chi connectivity index (χ3n) is 3.20. The molecule has 0 aromatic carbocycles. The van der Waals surface area contributed by atoms with Gasteiger partial charge in [-0.15, -0.1) is 0 Å². The molecule has 1 fully saturated rings. The fraction of sp³-hybridized carbons (Fsp3) is 0.733. The summed E-state index contributed by atoms with van der Waals surface area (Å²) in [7, 11) is 0. The van der Waals surface area contributed by atoms with Gasteiger partial charge >= 0.3 is 5.97 Å². The molecule has 1 atom stereocenters. The Balaban J connectivity index is 2.53. The highest BCUT2D eigenvalue weighted by Gasteiger charge is 2.19. The van der Waals surface area contributed by atoms with Crippen LogP contribution in [0.3, 0.4) is 0 Å². The maximum absolute atomic E-state index is 11.9. The summed E-state index contributed by atoms with van der Waals surface area (Å²) in [6, 6.07) is 1.93. The number of hydrogen-bond donors (Lipinski definition) is 1. The van der Waals surface area contributed by atoms with Gasteiger partial charge in [0.05, 0.1) is 12.7 Å². The number of ether oxygens (including phenoxy) is 3. The minimum atomic E-state index is -0.603. The largest absolute Gasteiger partial charge is 0.459 e. The summed E-state index contributed by atoms with van der Waals surface area (Å²) in [6.07, 6.45) is 2.78. The zero-order valence-corrected chi connectivity index (χ0v) is 12.8. The number of nitrogens with one attached hydrogen (secondary N) is 1. The van der Waals surface area contributed by atoms with Crippen LogP contribution in [0.25, 0.3) is 0 Å². The Morgan fingerprint density at radius 1 is 1.43 bits per heavy atom. The predicted molar refractivity (Wildman–Crippen MR) is 77.4 cm³/mol. The molecule has 0 aromatic rings. The van der Waals surface area contributed by atoms with Crippen molar-refractivity contribution < 1.29 is 19.0 Å². The third-order valence-corrected chi connectivity index (χ3v) is 3.20. The molecule has 1 saturated heterocycles. The third kappa shape index (κ3) is 6.15. The van der Waals surface area contributed by atoms with Crippen molar-refractivity contribution in [3.8, 4) is 6.07 Å². The van der Waals surface area contributed by atoms with Crippen LogP contribution in [0.15, 0.2) is 11.3 Å². The van der Waals surface area contributed by atoms with Crippen LogP contribution in [0.4, 0.5) is 0 Å². The van der Waals surface area contributed by atoms with Crippen molar-refractivity contribution in [2.75, 3.05) is 33.0 Å². The van der Waals surface area contributed by atoms with Gasteiger partial charge in [0.15, 0.2) is 5.57 Å². The van der Waals surface area contributed by atoms with Crippen LogP contribution in [-0.4, -0.2) is 45.0 Å². The van der Waals surface area contributed by atoms with E-state index in [1.165, 1.54) is 0 Å². The Labute approximate surface area is 126 Å². The molecule has 1 aliphatic rings. The van der Waals surface area contributed by atoms with Crippen molar-refractivity contribution in [1.29, 1.82) is 5.26 Å². The van der Waals surface area contributed by atoms with E-state index in [4.69, 9.17) is 14.2 Å². The lowest BCUT2D eigenvalue weighted by molar-refractivity contribution is -0.140. The van der Waals surface area contributed by atoms with Gasteiger partial charge in [0.1, 0.15) is 12.7 Å². The van der Waals surface area contributed by atoms with Crippen LogP contribution in [0, 0.1) is 11.3 Å². The van der Waals surface area contributed by atoms with Gasteiger partial charge in [-0.25, -0.2) is 4.79 Å². The quantitative estimate of drug-likeness (QED) is 0.301. The number of rotatable bonds is 9. The first kappa shape index (κ1) is 17.5. The second-order valence-corrected chi connectivity index (χ2v) is 4.67. The van der Waals surface area contributed by atoms with E-state index in [1.54, 1.807) is 0 Å². The molecule has 1 unspecified atom stereocenters. The van der Waals surface area contributed by atoms with E-state index < -0.39 is 5.97 Å². The molecule has 0 bridgehead atoms. The lowest BCUT2D eigenvalue weighted by Crippen LogP contribution is -2.28. The molecule has 21 heavy (non-hydrogen) atoms. The smallest absolute Gasteiger partial charge is 0.350 e. The highest BCUT2D eigenvalue weighted by molar-refractivity contribution is 5.93. The van der Waals surface area contributed by atoms with Crippen molar-refractivity contribution in [1.82, 2.24) is 5.32 Å². The van der Waals surface area contributed by atoms with E-state index in [0.717, 1.165) is 19.4 Å². The van der Waals surface area contributed by atoms with E-state index in [1.807, 2.05) is 19.9 Å². The monoisotopic (exact) mass is 296 g/mol. The Kier molecular flexibility index (Phi) is 8.48. The molecule has 0 amide bonds. The number of allylic oxidation sites excluding steroid dienone is 1. The summed E-state index contributed by atoms with van der Waals surface area (Å²) in [5.74, 6) is -0.603. The molecule has 1 rings (SSSR count). The van der Waals surface area contributed by atoms with E-state index in [0.29, 0.717) is 31.9 Å². The van der Waals surface area contributed by atoms with Gasteiger partial charge < -0.3 is 19.5 Å². The van der Waals surface area contributed by atoms with Gasteiger partial charge in [-0.1, -0.05) is 6.92 Å². The first-order valence-corrected chi connectivity index (χ1v) is 7.46. The second kappa shape index (κ2) is 10.2. The van der Waals surface area contributed by atoms with Gasteiger partial charge in [0, 0.05) is 25.5 Å². The molecule has 6 heteroatoms. The maximum atomic E-state index is 11.9. The standard InChI is InChI=1S/C15H24N2O4/c1-3-14(17-11-12-6-5-7-20-12)13(10-16)15(18)21-9-8-19-4-2/h12,17H,3-9,11H2,1-2H3/b14-13+. The zero-order chi connectivity index (χ0) is 15.5. The average Bonchev–Trinajstić information content (AvgIpc) is 3.01. The SMILES string of the molecule is CCOCCOC(=O)/C(C#N)=C(\CC)NCC1CCCO1.